The van der Waals surface area contributed by atoms with Crippen molar-refractivity contribution in [3.63, 3.8) is 0 Å². The van der Waals surface area contributed by atoms with Gasteiger partial charge in [0.05, 0.1) is 0 Å². The third-order valence-electron chi connectivity index (χ3n) is 3.72. The lowest BCUT2D eigenvalue weighted by Gasteiger charge is -2.03. The summed E-state index contributed by atoms with van der Waals surface area (Å²) in [5.74, 6) is -0.339. The number of rotatable bonds is 3. The Morgan fingerprint density at radius 2 is 1.85 bits per heavy atom. The van der Waals surface area contributed by atoms with E-state index in [1.54, 1.807) is 30.3 Å². The zero-order chi connectivity index (χ0) is 18.3. The lowest BCUT2D eigenvalue weighted by molar-refractivity contribution is 0.628. The summed E-state index contributed by atoms with van der Waals surface area (Å²) >= 11 is 13.3. The number of nitrogens with zero attached hydrogens (tertiary/aromatic N) is 4. The number of fused-ring (bicyclic) bond motifs is 1. The van der Waals surface area contributed by atoms with E-state index in [4.69, 9.17) is 23.2 Å². The highest BCUT2D eigenvalue weighted by atomic mass is 35.5. The van der Waals surface area contributed by atoms with Crippen molar-refractivity contribution < 1.29 is 4.39 Å². The second-order valence-corrected chi connectivity index (χ2v) is 7.27. The van der Waals surface area contributed by atoms with E-state index < -0.39 is 0 Å². The molecule has 0 aliphatic carbocycles. The maximum absolute atomic E-state index is 13.1. The molecule has 0 radical (unpaired) electrons. The number of aromatic nitrogens is 4. The molecule has 0 saturated heterocycles. The number of halogens is 3. The van der Waals surface area contributed by atoms with Crippen molar-refractivity contribution >= 4 is 39.5 Å². The second kappa shape index (κ2) is 6.75. The molecule has 0 bridgehead atoms. The van der Waals surface area contributed by atoms with Crippen LogP contribution in [-0.4, -0.2) is 19.8 Å². The van der Waals surface area contributed by atoms with E-state index in [9.17, 15) is 9.18 Å². The van der Waals surface area contributed by atoms with Gasteiger partial charge in [-0.15, -0.1) is 10.2 Å². The summed E-state index contributed by atoms with van der Waals surface area (Å²) in [4.78, 5) is 13.0. The quantitative estimate of drug-likeness (QED) is 0.510. The van der Waals surface area contributed by atoms with E-state index in [-0.39, 0.29) is 23.5 Å². The van der Waals surface area contributed by atoms with Gasteiger partial charge in [0.25, 0.3) is 5.56 Å². The number of hydrogen-bond acceptors (Lipinski definition) is 5. The van der Waals surface area contributed by atoms with Gasteiger partial charge in [-0.25, -0.2) is 4.39 Å². The Morgan fingerprint density at radius 1 is 1.08 bits per heavy atom. The molecule has 0 spiro atoms. The van der Waals surface area contributed by atoms with Crippen LogP contribution in [0.3, 0.4) is 0 Å². The Hall–Kier alpha value is -2.35. The van der Waals surface area contributed by atoms with Gasteiger partial charge >= 0.3 is 0 Å². The highest BCUT2D eigenvalue weighted by molar-refractivity contribution is 7.19. The SMILES string of the molecule is O=c1c(Cc2ccc(Cl)cc2Cl)nnc2sc(-c3ccc(F)cc3)nn12. The molecule has 0 aliphatic heterocycles. The predicted octanol–water partition coefficient (Wildman–Crippen LogP) is 4.25. The molecule has 0 fully saturated rings. The van der Waals surface area contributed by atoms with E-state index in [2.05, 4.69) is 15.3 Å². The molecular weight excluding hydrogens is 398 g/mol. The third-order valence-corrected chi connectivity index (χ3v) is 5.25. The zero-order valence-corrected chi connectivity index (χ0v) is 15.3. The average Bonchev–Trinajstić information content (AvgIpc) is 3.05. The van der Waals surface area contributed by atoms with Crippen LogP contribution in [0, 0.1) is 5.82 Å². The molecule has 2 heterocycles. The summed E-state index contributed by atoms with van der Waals surface area (Å²) in [6.45, 7) is 0. The lowest BCUT2D eigenvalue weighted by atomic mass is 10.1. The maximum Gasteiger partial charge on any atom is 0.297 e. The Kier molecular flexibility index (Phi) is 4.44. The normalized spacial score (nSPS) is 11.2. The molecule has 0 amide bonds. The van der Waals surface area contributed by atoms with Gasteiger partial charge in [0, 0.05) is 22.0 Å². The van der Waals surface area contributed by atoms with Gasteiger partial charge in [0.2, 0.25) is 4.96 Å². The van der Waals surface area contributed by atoms with Crippen LogP contribution in [0.15, 0.2) is 47.3 Å². The van der Waals surface area contributed by atoms with Gasteiger partial charge < -0.3 is 0 Å². The van der Waals surface area contributed by atoms with Crippen molar-refractivity contribution in [3.8, 4) is 10.6 Å². The van der Waals surface area contributed by atoms with Crippen LogP contribution in [-0.2, 0) is 6.42 Å². The summed E-state index contributed by atoms with van der Waals surface area (Å²) in [7, 11) is 0. The first-order valence-electron chi connectivity index (χ1n) is 7.46. The molecule has 0 atom stereocenters. The smallest absolute Gasteiger partial charge is 0.265 e. The van der Waals surface area contributed by atoms with Crippen molar-refractivity contribution in [1.82, 2.24) is 19.8 Å². The standard InChI is InChI=1S/C17H9Cl2FN4OS/c18-11-4-1-10(13(19)8-11)7-14-16(25)24-17(22-21-14)26-15(23-24)9-2-5-12(20)6-3-9/h1-6,8H,7H2. The maximum atomic E-state index is 13.1. The largest absolute Gasteiger partial charge is 0.297 e. The molecule has 9 heteroatoms. The molecule has 4 aromatic rings. The second-order valence-electron chi connectivity index (χ2n) is 5.47. The summed E-state index contributed by atoms with van der Waals surface area (Å²) in [6, 6.07) is 10.9. The van der Waals surface area contributed by atoms with E-state index in [1.807, 2.05) is 0 Å². The summed E-state index contributed by atoms with van der Waals surface area (Å²) in [6.07, 6.45) is 0.216. The van der Waals surface area contributed by atoms with Gasteiger partial charge in [-0.05, 0) is 42.0 Å². The first-order valence-corrected chi connectivity index (χ1v) is 9.04. The summed E-state index contributed by atoms with van der Waals surface area (Å²) in [5, 5.41) is 13.9. The van der Waals surface area contributed by atoms with Gasteiger partial charge in [-0.3, -0.25) is 4.79 Å². The molecule has 4 rings (SSSR count). The van der Waals surface area contributed by atoms with Crippen molar-refractivity contribution in [2.75, 3.05) is 0 Å². The molecule has 5 nitrogen and oxygen atoms in total. The van der Waals surface area contributed by atoms with Crippen LogP contribution >= 0.6 is 34.5 Å². The van der Waals surface area contributed by atoms with Crippen LogP contribution in [0.25, 0.3) is 15.5 Å². The zero-order valence-electron chi connectivity index (χ0n) is 13.0. The van der Waals surface area contributed by atoms with Gasteiger partial charge in [0.1, 0.15) is 16.5 Å². The van der Waals surface area contributed by atoms with E-state index in [1.165, 1.54) is 28.0 Å². The molecule has 130 valence electrons. The highest BCUT2D eigenvalue weighted by Gasteiger charge is 2.14. The molecule has 0 aliphatic rings. The fourth-order valence-electron chi connectivity index (χ4n) is 2.41. The fourth-order valence-corrected chi connectivity index (χ4v) is 3.73. The first-order chi connectivity index (χ1) is 12.5. The minimum atomic E-state index is -0.370. The van der Waals surface area contributed by atoms with Crippen molar-refractivity contribution in [1.29, 1.82) is 0 Å². The average molecular weight is 407 g/mol. The molecular formula is C17H9Cl2FN4OS. The van der Waals surface area contributed by atoms with Crippen LogP contribution in [0.5, 0.6) is 0 Å². The molecule has 0 saturated carbocycles. The Bertz CT molecular complexity index is 1170. The highest BCUT2D eigenvalue weighted by Crippen LogP contribution is 2.25. The Labute approximate surface area is 160 Å². The van der Waals surface area contributed by atoms with Gasteiger partial charge in [-0.1, -0.05) is 40.6 Å². The van der Waals surface area contributed by atoms with Crippen molar-refractivity contribution in [2.24, 2.45) is 0 Å². The van der Waals surface area contributed by atoms with Gasteiger partial charge in [0.15, 0.2) is 0 Å². The minimum absolute atomic E-state index is 0.216. The number of benzene rings is 2. The monoisotopic (exact) mass is 406 g/mol. The first kappa shape index (κ1) is 17.1. The van der Waals surface area contributed by atoms with Gasteiger partial charge in [-0.2, -0.15) is 9.61 Å². The van der Waals surface area contributed by atoms with E-state index in [0.29, 0.717) is 25.6 Å². The van der Waals surface area contributed by atoms with Crippen LogP contribution in [0.1, 0.15) is 11.3 Å². The van der Waals surface area contributed by atoms with Crippen LogP contribution in [0.2, 0.25) is 10.0 Å². The summed E-state index contributed by atoms with van der Waals surface area (Å²) in [5.41, 5.74) is 1.27. The molecule has 2 aromatic heterocycles. The molecule has 26 heavy (non-hydrogen) atoms. The lowest BCUT2D eigenvalue weighted by Crippen LogP contribution is -2.22. The fraction of sp³-hybridized carbons (Fsp3) is 0.0588. The van der Waals surface area contributed by atoms with Crippen molar-refractivity contribution in [2.45, 2.75) is 6.42 Å². The van der Waals surface area contributed by atoms with Crippen LogP contribution < -0.4 is 5.56 Å². The van der Waals surface area contributed by atoms with E-state index >= 15 is 0 Å². The van der Waals surface area contributed by atoms with Crippen molar-refractivity contribution in [3.05, 3.63) is 79.9 Å². The topological polar surface area (TPSA) is 60.2 Å². The molecule has 2 aromatic carbocycles. The molecule has 0 N–H and O–H groups in total. The number of hydrogen-bond donors (Lipinski definition) is 0. The minimum Gasteiger partial charge on any atom is -0.265 e. The predicted molar refractivity (Wildman–Crippen MR) is 99.6 cm³/mol. The van der Waals surface area contributed by atoms with Crippen LogP contribution in [0.4, 0.5) is 4.39 Å². The Balaban J connectivity index is 1.75. The summed E-state index contributed by atoms with van der Waals surface area (Å²) < 4.78 is 14.3. The third kappa shape index (κ3) is 3.21. The van der Waals surface area contributed by atoms with E-state index in [0.717, 1.165) is 5.56 Å². The molecule has 0 unspecified atom stereocenters. The Morgan fingerprint density at radius 3 is 2.58 bits per heavy atom.